The monoisotopic (exact) mass is 330 g/mol. The van der Waals surface area contributed by atoms with Gasteiger partial charge in [0.25, 0.3) is 0 Å². The molecule has 2 rings (SSSR count). The zero-order valence-corrected chi connectivity index (χ0v) is 14.0. The van der Waals surface area contributed by atoms with E-state index in [-0.39, 0.29) is 10.9 Å². The molecule has 0 radical (unpaired) electrons. The first-order valence-electron chi connectivity index (χ1n) is 7.18. The summed E-state index contributed by atoms with van der Waals surface area (Å²) < 4.78 is 27.5. The number of sulfonamides is 1. The summed E-state index contributed by atoms with van der Waals surface area (Å²) in [5.41, 5.74) is 0. The highest BCUT2D eigenvalue weighted by molar-refractivity contribution is 7.99. The lowest BCUT2D eigenvalue weighted by atomic mass is 10.3. The van der Waals surface area contributed by atoms with E-state index in [0.29, 0.717) is 11.2 Å². The zero-order valence-electron chi connectivity index (χ0n) is 12.4. The van der Waals surface area contributed by atoms with Crippen molar-refractivity contribution in [1.29, 1.82) is 0 Å². The molecule has 21 heavy (non-hydrogen) atoms. The lowest BCUT2D eigenvalue weighted by molar-refractivity contribution is 0.554. The number of anilines is 1. The van der Waals surface area contributed by atoms with Crippen molar-refractivity contribution >= 4 is 27.7 Å². The van der Waals surface area contributed by atoms with Gasteiger partial charge in [0, 0.05) is 17.8 Å². The van der Waals surface area contributed by atoms with Crippen molar-refractivity contribution in [3.8, 4) is 0 Å². The number of hydrogen-bond donors (Lipinski definition) is 2. The number of thioether (sulfide) groups is 1. The van der Waals surface area contributed by atoms with E-state index >= 15 is 0 Å². The van der Waals surface area contributed by atoms with Crippen LogP contribution < -0.4 is 10.0 Å². The summed E-state index contributed by atoms with van der Waals surface area (Å²) in [7, 11) is -3.54. The van der Waals surface area contributed by atoms with E-state index < -0.39 is 10.0 Å². The Balaban J connectivity index is 2.05. The van der Waals surface area contributed by atoms with Crippen molar-refractivity contribution < 1.29 is 8.42 Å². The molecule has 0 spiro atoms. The van der Waals surface area contributed by atoms with E-state index in [0.717, 1.165) is 32.2 Å². The van der Waals surface area contributed by atoms with E-state index in [2.05, 4.69) is 20.0 Å². The maximum absolute atomic E-state index is 12.4. The van der Waals surface area contributed by atoms with Gasteiger partial charge in [0.15, 0.2) is 0 Å². The molecule has 8 heteroatoms. The fraction of sp³-hybridized carbons (Fsp3) is 0.692. The van der Waals surface area contributed by atoms with Gasteiger partial charge in [0.1, 0.15) is 4.90 Å². The molecule has 2 unspecified atom stereocenters. The molecule has 1 aliphatic carbocycles. The summed E-state index contributed by atoms with van der Waals surface area (Å²) in [5.74, 6) is 0.457. The lowest BCUT2D eigenvalue weighted by Crippen LogP contribution is -2.38. The first kappa shape index (κ1) is 16.5. The summed E-state index contributed by atoms with van der Waals surface area (Å²) >= 11 is 1.72. The van der Waals surface area contributed by atoms with Crippen molar-refractivity contribution in [2.75, 3.05) is 18.1 Å². The molecule has 2 N–H and O–H groups in total. The molecule has 0 amide bonds. The smallest absolute Gasteiger partial charge is 0.243 e. The van der Waals surface area contributed by atoms with Gasteiger partial charge in [-0.05, 0) is 25.5 Å². The Morgan fingerprint density at radius 3 is 2.67 bits per heavy atom. The van der Waals surface area contributed by atoms with E-state index in [9.17, 15) is 8.42 Å². The van der Waals surface area contributed by atoms with Gasteiger partial charge in [0.05, 0.1) is 12.4 Å². The predicted octanol–water partition coefficient (Wildman–Crippen LogP) is 1.86. The summed E-state index contributed by atoms with van der Waals surface area (Å²) in [4.78, 5) is 8.22. The molecule has 0 aromatic carbocycles. The third kappa shape index (κ3) is 4.31. The van der Waals surface area contributed by atoms with Crippen LogP contribution in [0, 0.1) is 0 Å². The molecule has 6 nitrogen and oxygen atoms in total. The summed E-state index contributed by atoms with van der Waals surface area (Å²) in [6.45, 7) is 2.81. The largest absolute Gasteiger partial charge is 0.354 e. The highest BCUT2D eigenvalue weighted by Gasteiger charge is 2.30. The van der Waals surface area contributed by atoms with Crippen LogP contribution in [0.15, 0.2) is 17.3 Å². The minimum atomic E-state index is -3.54. The molecule has 118 valence electrons. The molecular weight excluding hydrogens is 308 g/mol. The van der Waals surface area contributed by atoms with Crippen LogP contribution in [0.5, 0.6) is 0 Å². The van der Waals surface area contributed by atoms with Crippen LogP contribution in [0.1, 0.15) is 32.6 Å². The molecule has 0 saturated heterocycles. The third-order valence-corrected chi connectivity index (χ3v) is 6.15. The van der Waals surface area contributed by atoms with Gasteiger partial charge < -0.3 is 5.32 Å². The molecule has 1 aromatic rings. The lowest BCUT2D eigenvalue weighted by Gasteiger charge is -2.18. The third-order valence-electron chi connectivity index (χ3n) is 3.53. The van der Waals surface area contributed by atoms with Crippen LogP contribution in [-0.2, 0) is 10.0 Å². The van der Waals surface area contributed by atoms with Crippen molar-refractivity contribution in [3.05, 3.63) is 12.4 Å². The van der Waals surface area contributed by atoms with Crippen LogP contribution >= 0.6 is 11.8 Å². The van der Waals surface area contributed by atoms with E-state index in [1.165, 1.54) is 12.4 Å². The van der Waals surface area contributed by atoms with Crippen LogP contribution in [0.4, 0.5) is 5.95 Å². The fourth-order valence-electron chi connectivity index (χ4n) is 2.39. The van der Waals surface area contributed by atoms with E-state index in [1.807, 2.05) is 13.2 Å². The average Bonchev–Trinajstić information content (AvgIpc) is 2.92. The molecule has 1 fully saturated rings. The van der Waals surface area contributed by atoms with Gasteiger partial charge in [-0.3, -0.25) is 0 Å². The highest BCUT2D eigenvalue weighted by atomic mass is 32.2. The number of nitrogens with zero attached hydrogens (tertiary/aromatic N) is 2. The standard InChI is InChI=1S/C13H22N4O2S2/c1-3-7-14-13-15-8-10(9-16-13)21(18,19)17-11-5-4-6-12(11)20-2/h8-9,11-12,17H,3-7H2,1-2H3,(H,14,15,16). The topological polar surface area (TPSA) is 84.0 Å². The van der Waals surface area contributed by atoms with Crippen LogP contribution in [0.3, 0.4) is 0 Å². The van der Waals surface area contributed by atoms with Gasteiger partial charge in [-0.25, -0.2) is 23.1 Å². The number of hydrogen-bond acceptors (Lipinski definition) is 6. The number of nitrogens with one attached hydrogen (secondary N) is 2. The highest BCUT2D eigenvalue weighted by Crippen LogP contribution is 2.29. The van der Waals surface area contributed by atoms with Gasteiger partial charge in [0.2, 0.25) is 16.0 Å². The Morgan fingerprint density at radius 2 is 2.05 bits per heavy atom. The summed E-state index contributed by atoms with van der Waals surface area (Å²) in [6.07, 6.45) is 8.71. The molecular formula is C13H22N4O2S2. The molecule has 1 saturated carbocycles. The Kier molecular flexibility index (Phi) is 5.83. The first-order valence-corrected chi connectivity index (χ1v) is 9.95. The minimum Gasteiger partial charge on any atom is -0.354 e. The van der Waals surface area contributed by atoms with Gasteiger partial charge in [-0.1, -0.05) is 13.3 Å². The molecule has 2 atom stereocenters. The predicted molar refractivity (Wildman–Crippen MR) is 86.1 cm³/mol. The number of rotatable bonds is 7. The Labute approximate surface area is 130 Å². The minimum absolute atomic E-state index is 0.00268. The van der Waals surface area contributed by atoms with Crippen molar-refractivity contribution in [2.24, 2.45) is 0 Å². The quantitative estimate of drug-likeness (QED) is 0.794. The van der Waals surface area contributed by atoms with Crippen molar-refractivity contribution in [2.45, 2.75) is 48.8 Å². The van der Waals surface area contributed by atoms with Crippen molar-refractivity contribution in [1.82, 2.24) is 14.7 Å². The average molecular weight is 330 g/mol. The second-order valence-electron chi connectivity index (χ2n) is 5.10. The second-order valence-corrected chi connectivity index (χ2v) is 7.89. The van der Waals surface area contributed by atoms with E-state index in [1.54, 1.807) is 11.8 Å². The molecule has 0 aliphatic heterocycles. The van der Waals surface area contributed by atoms with Crippen LogP contribution in [0.25, 0.3) is 0 Å². The SMILES string of the molecule is CCCNc1ncc(S(=O)(=O)NC2CCCC2SC)cn1. The summed E-state index contributed by atoms with van der Waals surface area (Å²) in [5, 5.41) is 3.37. The summed E-state index contributed by atoms with van der Waals surface area (Å²) in [6, 6.07) is 0.00268. The maximum Gasteiger partial charge on any atom is 0.243 e. The number of aromatic nitrogens is 2. The normalized spacial score (nSPS) is 22.4. The Bertz CT molecular complexity index is 548. The Hall–Kier alpha value is -0.860. The Morgan fingerprint density at radius 1 is 1.33 bits per heavy atom. The fourth-order valence-corrected chi connectivity index (χ4v) is 4.61. The second kappa shape index (κ2) is 7.42. The molecule has 1 aliphatic rings. The van der Waals surface area contributed by atoms with E-state index in [4.69, 9.17) is 0 Å². The zero-order chi connectivity index (χ0) is 15.3. The van der Waals surface area contributed by atoms with Crippen LogP contribution in [-0.4, -0.2) is 42.5 Å². The molecule has 1 heterocycles. The molecule has 1 aromatic heterocycles. The van der Waals surface area contributed by atoms with Gasteiger partial charge >= 0.3 is 0 Å². The van der Waals surface area contributed by atoms with Crippen LogP contribution in [0.2, 0.25) is 0 Å². The van der Waals surface area contributed by atoms with Gasteiger partial charge in [-0.15, -0.1) is 0 Å². The first-order chi connectivity index (χ1) is 10.1. The van der Waals surface area contributed by atoms with Crippen molar-refractivity contribution in [3.63, 3.8) is 0 Å². The van der Waals surface area contributed by atoms with Gasteiger partial charge in [-0.2, -0.15) is 11.8 Å². The maximum atomic E-state index is 12.4. The molecule has 0 bridgehead atoms.